The molecule has 2 aromatic rings. The zero-order chi connectivity index (χ0) is 17.0. The average Bonchev–Trinajstić information content (AvgIpc) is 2.49. The molecule has 0 fully saturated rings. The van der Waals surface area contributed by atoms with E-state index >= 15 is 0 Å². The molecular formula is C15H14Cl2N2O3S. The summed E-state index contributed by atoms with van der Waals surface area (Å²) in [5, 5.41) is 3.46. The van der Waals surface area contributed by atoms with Gasteiger partial charge in [0.25, 0.3) is 0 Å². The van der Waals surface area contributed by atoms with Gasteiger partial charge in [0.2, 0.25) is 15.9 Å². The van der Waals surface area contributed by atoms with Crippen molar-refractivity contribution in [2.45, 2.75) is 4.90 Å². The van der Waals surface area contributed by atoms with Crippen LogP contribution in [0.15, 0.2) is 53.4 Å². The van der Waals surface area contributed by atoms with Crippen molar-refractivity contribution in [1.82, 2.24) is 4.31 Å². The number of nitrogens with one attached hydrogen (secondary N) is 1. The summed E-state index contributed by atoms with van der Waals surface area (Å²) in [6, 6.07) is 12.4. The van der Waals surface area contributed by atoms with Gasteiger partial charge in [0.05, 0.1) is 11.4 Å². The molecule has 0 saturated heterocycles. The highest BCUT2D eigenvalue weighted by Gasteiger charge is 2.23. The lowest BCUT2D eigenvalue weighted by Crippen LogP contribution is -2.34. The number of hydrogen-bond donors (Lipinski definition) is 1. The van der Waals surface area contributed by atoms with Gasteiger partial charge in [0.15, 0.2) is 0 Å². The first kappa shape index (κ1) is 17.7. The van der Waals surface area contributed by atoms with Crippen LogP contribution in [-0.4, -0.2) is 32.2 Å². The Bertz CT molecular complexity index is 808. The maximum absolute atomic E-state index is 12.4. The number of likely N-dealkylation sites (N-methyl/N-ethyl adjacent to an activating group) is 1. The second kappa shape index (κ2) is 7.31. The molecule has 0 aliphatic rings. The zero-order valence-electron chi connectivity index (χ0n) is 12.2. The third-order valence-electron chi connectivity index (χ3n) is 3.00. The molecule has 8 heteroatoms. The van der Waals surface area contributed by atoms with Crippen molar-refractivity contribution >= 4 is 44.8 Å². The minimum absolute atomic E-state index is 0.0341. The monoisotopic (exact) mass is 372 g/mol. The molecule has 0 atom stereocenters. The fourth-order valence-electron chi connectivity index (χ4n) is 1.83. The van der Waals surface area contributed by atoms with Gasteiger partial charge in [-0.05, 0) is 42.5 Å². The molecule has 0 radical (unpaired) electrons. The molecule has 2 rings (SSSR count). The second-order valence-corrected chi connectivity index (χ2v) is 7.69. The summed E-state index contributed by atoms with van der Waals surface area (Å²) in [6.45, 7) is -0.322. The van der Waals surface area contributed by atoms with Crippen LogP contribution in [0.4, 0.5) is 5.69 Å². The SMILES string of the molecule is CN(CC(=O)Nc1ccc(Cl)cc1)S(=O)(=O)c1cccc(Cl)c1. The van der Waals surface area contributed by atoms with Gasteiger partial charge in [-0.3, -0.25) is 4.79 Å². The van der Waals surface area contributed by atoms with Crippen molar-refractivity contribution in [3.63, 3.8) is 0 Å². The second-order valence-electron chi connectivity index (χ2n) is 4.77. The molecule has 1 N–H and O–H groups in total. The van der Waals surface area contributed by atoms with Crippen molar-refractivity contribution in [2.75, 3.05) is 18.9 Å². The lowest BCUT2D eigenvalue weighted by atomic mass is 10.3. The van der Waals surface area contributed by atoms with E-state index in [0.29, 0.717) is 15.7 Å². The Morgan fingerprint density at radius 3 is 2.35 bits per heavy atom. The van der Waals surface area contributed by atoms with Crippen molar-refractivity contribution in [3.8, 4) is 0 Å². The fraction of sp³-hybridized carbons (Fsp3) is 0.133. The Kier molecular flexibility index (Phi) is 5.64. The molecule has 0 bridgehead atoms. The van der Waals surface area contributed by atoms with Crippen LogP contribution < -0.4 is 5.32 Å². The van der Waals surface area contributed by atoms with Crippen LogP contribution in [0.3, 0.4) is 0 Å². The first-order chi connectivity index (χ1) is 10.8. The normalized spacial score (nSPS) is 11.5. The van der Waals surface area contributed by atoms with Crippen molar-refractivity contribution < 1.29 is 13.2 Å². The Morgan fingerprint density at radius 1 is 1.09 bits per heavy atom. The van der Waals surface area contributed by atoms with Crippen LogP contribution in [0.2, 0.25) is 10.0 Å². The van der Waals surface area contributed by atoms with Gasteiger partial charge >= 0.3 is 0 Å². The van der Waals surface area contributed by atoms with E-state index in [0.717, 1.165) is 4.31 Å². The molecule has 0 aliphatic heterocycles. The highest BCUT2D eigenvalue weighted by molar-refractivity contribution is 7.89. The zero-order valence-corrected chi connectivity index (χ0v) is 14.5. The van der Waals surface area contributed by atoms with E-state index in [1.165, 1.54) is 25.2 Å². The number of amides is 1. The van der Waals surface area contributed by atoms with Crippen LogP contribution in [0, 0.1) is 0 Å². The molecule has 1 amide bonds. The molecule has 0 aliphatic carbocycles. The molecule has 122 valence electrons. The number of carbonyl (C=O) groups excluding carboxylic acids is 1. The third kappa shape index (κ3) is 4.68. The van der Waals surface area contributed by atoms with E-state index in [9.17, 15) is 13.2 Å². The Balaban J connectivity index is 2.06. The molecule has 23 heavy (non-hydrogen) atoms. The summed E-state index contributed by atoms with van der Waals surface area (Å²) in [6.07, 6.45) is 0. The molecule has 0 aromatic heterocycles. The summed E-state index contributed by atoms with van der Waals surface area (Å²) in [7, 11) is -2.46. The van der Waals surface area contributed by atoms with Gasteiger partial charge in [-0.1, -0.05) is 29.3 Å². The Morgan fingerprint density at radius 2 is 1.74 bits per heavy atom. The van der Waals surface area contributed by atoms with Crippen molar-refractivity contribution in [2.24, 2.45) is 0 Å². The minimum Gasteiger partial charge on any atom is -0.325 e. The summed E-state index contributed by atoms with van der Waals surface area (Å²) in [5.74, 6) is -0.458. The number of rotatable bonds is 5. The van der Waals surface area contributed by atoms with Gasteiger partial charge < -0.3 is 5.32 Å². The molecular weight excluding hydrogens is 359 g/mol. The largest absolute Gasteiger partial charge is 0.325 e. The first-order valence-electron chi connectivity index (χ1n) is 6.56. The standard InChI is InChI=1S/C15H14Cl2N2O3S/c1-19(23(21,22)14-4-2-3-12(17)9-14)10-15(20)18-13-7-5-11(16)6-8-13/h2-9H,10H2,1H3,(H,18,20). The quantitative estimate of drug-likeness (QED) is 0.875. The van der Waals surface area contributed by atoms with Gasteiger partial charge in [-0.15, -0.1) is 0 Å². The summed E-state index contributed by atoms with van der Waals surface area (Å²) < 4.78 is 25.7. The molecule has 0 saturated carbocycles. The smallest absolute Gasteiger partial charge is 0.243 e. The number of halogens is 2. The van der Waals surface area contributed by atoms with Crippen LogP contribution in [-0.2, 0) is 14.8 Å². The topological polar surface area (TPSA) is 66.5 Å². The molecule has 2 aromatic carbocycles. The highest BCUT2D eigenvalue weighted by Crippen LogP contribution is 2.19. The van der Waals surface area contributed by atoms with Gasteiger partial charge in [-0.25, -0.2) is 8.42 Å². The summed E-state index contributed by atoms with van der Waals surface area (Å²) >= 11 is 11.6. The lowest BCUT2D eigenvalue weighted by molar-refractivity contribution is -0.116. The van der Waals surface area contributed by atoms with Gasteiger partial charge in [0.1, 0.15) is 0 Å². The Hall–Kier alpha value is -1.60. The maximum atomic E-state index is 12.4. The summed E-state index contributed by atoms with van der Waals surface area (Å²) in [5.41, 5.74) is 0.535. The minimum atomic E-state index is -3.79. The van der Waals surface area contributed by atoms with Crippen LogP contribution in [0.5, 0.6) is 0 Å². The van der Waals surface area contributed by atoms with Gasteiger partial charge in [-0.2, -0.15) is 4.31 Å². The number of benzene rings is 2. The predicted octanol–water partition coefficient (Wildman–Crippen LogP) is 3.25. The van der Waals surface area contributed by atoms with Crippen molar-refractivity contribution in [1.29, 1.82) is 0 Å². The highest BCUT2D eigenvalue weighted by atomic mass is 35.5. The van der Waals surface area contributed by atoms with E-state index in [4.69, 9.17) is 23.2 Å². The number of sulfonamides is 1. The lowest BCUT2D eigenvalue weighted by Gasteiger charge is -2.17. The first-order valence-corrected chi connectivity index (χ1v) is 8.76. The van der Waals surface area contributed by atoms with E-state index in [2.05, 4.69) is 5.32 Å². The summed E-state index contributed by atoms with van der Waals surface area (Å²) in [4.78, 5) is 12.0. The Labute approximate surface area is 144 Å². The number of carbonyl (C=O) groups is 1. The van der Waals surface area contributed by atoms with E-state index in [1.807, 2.05) is 0 Å². The van der Waals surface area contributed by atoms with Gasteiger partial charge in [0, 0.05) is 22.8 Å². The number of anilines is 1. The van der Waals surface area contributed by atoms with Crippen LogP contribution >= 0.6 is 23.2 Å². The van der Waals surface area contributed by atoms with E-state index in [-0.39, 0.29) is 11.4 Å². The maximum Gasteiger partial charge on any atom is 0.243 e. The van der Waals surface area contributed by atoms with E-state index in [1.54, 1.807) is 30.3 Å². The van der Waals surface area contributed by atoms with Crippen molar-refractivity contribution in [3.05, 3.63) is 58.6 Å². The third-order valence-corrected chi connectivity index (χ3v) is 5.28. The molecule has 0 heterocycles. The predicted molar refractivity (Wildman–Crippen MR) is 91.3 cm³/mol. The van der Waals surface area contributed by atoms with Crippen LogP contribution in [0.25, 0.3) is 0 Å². The molecule has 5 nitrogen and oxygen atoms in total. The molecule has 0 spiro atoms. The van der Waals surface area contributed by atoms with Crippen LogP contribution in [0.1, 0.15) is 0 Å². The average molecular weight is 373 g/mol. The molecule has 0 unspecified atom stereocenters. The number of nitrogens with zero attached hydrogens (tertiary/aromatic N) is 1. The fourth-order valence-corrected chi connectivity index (χ4v) is 3.38. The number of hydrogen-bond acceptors (Lipinski definition) is 3. The van der Waals surface area contributed by atoms with E-state index < -0.39 is 15.9 Å².